The van der Waals surface area contributed by atoms with Gasteiger partial charge in [-0.3, -0.25) is 4.79 Å². The van der Waals surface area contributed by atoms with Crippen LogP contribution in [0, 0.1) is 0 Å². The second-order valence-electron chi connectivity index (χ2n) is 4.07. The Hall–Kier alpha value is -1.78. The van der Waals surface area contributed by atoms with Gasteiger partial charge in [-0.2, -0.15) is 0 Å². The Morgan fingerprint density at radius 3 is 2.71 bits per heavy atom. The molecule has 0 unspecified atom stereocenters. The Kier molecular flexibility index (Phi) is 4.75. The van der Waals surface area contributed by atoms with Crippen LogP contribution in [0.1, 0.15) is 6.92 Å². The molecule has 0 aliphatic carbocycles. The molecule has 0 saturated carbocycles. The van der Waals surface area contributed by atoms with Gasteiger partial charge >= 0.3 is 0 Å². The van der Waals surface area contributed by atoms with Crippen molar-refractivity contribution in [2.45, 2.75) is 6.92 Å². The van der Waals surface area contributed by atoms with Gasteiger partial charge in [-0.25, -0.2) is 4.98 Å². The van der Waals surface area contributed by atoms with Gasteiger partial charge in [0.15, 0.2) is 0 Å². The van der Waals surface area contributed by atoms with E-state index in [9.17, 15) is 4.79 Å². The van der Waals surface area contributed by atoms with Gasteiger partial charge in [-0.15, -0.1) is 0 Å². The molecular formula is C12H20N4O. The molecule has 5 nitrogen and oxygen atoms in total. The highest BCUT2D eigenvalue weighted by atomic mass is 16.2. The third-order valence-electron chi connectivity index (χ3n) is 2.41. The van der Waals surface area contributed by atoms with Gasteiger partial charge in [-0.05, 0) is 13.0 Å². The predicted octanol–water partition coefficient (Wildman–Crippen LogP) is 1.04. The molecule has 17 heavy (non-hydrogen) atoms. The topological polar surface area (TPSA) is 48.5 Å². The van der Waals surface area contributed by atoms with E-state index in [-0.39, 0.29) is 5.91 Å². The van der Waals surface area contributed by atoms with Crippen LogP contribution in [-0.4, -0.2) is 50.0 Å². The molecule has 0 bridgehead atoms. The van der Waals surface area contributed by atoms with E-state index in [2.05, 4.69) is 10.3 Å². The van der Waals surface area contributed by atoms with Crippen molar-refractivity contribution in [2.75, 3.05) is 44.4 Å². The Balaban J connectivity index is 2.71. The minimum Gasteiger partial charge on any atom is -0.370 e. The molecular weight excluding hydrogens is 216 g/mol. The van der Waals surface area contributed by atoms with Crippen molar-refractivity contribution < 1.29 is 4.79 Å². The Morgan fingerprint density at radius 1 is 1.41 bits per heavy atom. The van der Waals surface area contributed by atoms with Crippen molar-refractivity contribution in [3.05, 3.63) is 18.3 Å². The van der Waals surface area contributed by atoms with Crippen molar-refractivity contribution in [3.63, 3.8) is 0 Å². The third-order valence-corrected chi connectivity index (χ3v) is 2.41. The number of pyridine rings is 1. The summed E-state index contributed by atoms with van der Waals surface area (Å²) >= 11 is 0. The van der Waals surface area contributed by atoms with E-state index in [1.807, 2.05) is 31.0 Å². The summed E-state index contributed by atoms with van der Waals surface area (Å²) in [6, 6.07) is 3.83. The van der Waals surface area contributed by atoms with Crippen molar-refractivity contribution in [3.8, 4) is 0 Å². The number of nitrogens with one attached hydrogen (secondary N) is 1. The molecule has 0 saturated heterocycles. The second-order valence-corrected chi connectivity index (χ2v) is 4.07. The fraction of sp³-hybridized carbons (Fsp3) is 0.500. The smallest absolute Gasteiger partial charge is 0.241 e. The molecule has 0 spiro atoms. The highest BCUT2D eigenvalue weighted by molar-refractivity contribution is 5.81. The van der Waals surface area contributed by atoms with E-state index in [4.69, 9.17) is 0 Å². The first-order valence-electron chi connectivity index (χ1n) is 5.65. The molecule has 1 rings (SSSR count). The first-order valence-corrected chi connectivity index (χ1v) is 5.65. The normalized spacial score (nSPS) is 9.88. The average Bonchev–Trinajstić information content (AvgIpc) is 2.29. The second kappa shape index (κ2) is 6.08. The van der Waals surface area contributed by atoms with Crippen LogP contribution in [0.15, 0.2) is 18.3 Å². The van der Waals surface area contributed by atoms with Crippen molar-refractivity contribution in [1.29, 1.82) is 0 Å². The lowest BCUT2D eigenvalue weighted by molar-refractivity contribution is -0.127. The van der Waals surface area contributed by atoms with Crippen LogP contribution >= 0.6 is 0 Å². The van der Waals surface area contributed by atoms with Gasteiger partial charge in [0.1, 0.15) is 5.82 Å². The summed E-state index contributed by atoms with van der Waals surface area (Å²) in [5, 5.41) is 3.15. The lowest BCUT2D eigenvalue weighted by atomic mass is 10.3. The summed E-state index contributed by atoms with van der Waals surface area (Å²) in [5.41, 5.74) is 0.978. The number of carbonyl (C=O) groups excluding carboxylic acids is 1. The maximum atomic E-state index is 11.6. The number of rotatable bonds is 5. The third kappa shape index (κ3) is 3.94. The molecule has 5 heteroatoms. The first kappa shape index (κ1) is 13.3. The lowest BCUT2D eigenvalue weighted by Gasteiger charge is -2.21. The highest BCUT2D eigenvalue weighted by Crippen LogP contribution is 2.15. The summed E-state index contributed by atoms with van der Waals surface area (Å²) in [7, 11) is 5.41. The molecule has 1 aromatic rings. The molecule has 1 aromatic heterocycles. The number of amides is 1. The van der Waals surface area contributed by atoms with Crippen LogP contribution in [0.25, 0.3) is 0 Å². The van der Waals surface area contributed by atoms with Crippen LogP contribution in [0.3, 0.4) is 0 Å². The molecule has 1 amide bonds. The largest absolute Gasteiger partial charge is 0.370 e. The maximum absolute atomic E-state index is 11.6. The van der Waals surface area contributed by atoms with E-state index in [1.165, 1.54) is 0 Å². The van der Waals surface area contributed by atoms with Crippen LogP contribution in [0.4, 0.5) is 11.5 Å². The Labute approximate surface area is 102 Å². The average molecular weight is 236 g/mol. The fourth-order valence-electron chi connectivity index (χ4n) is 1.37. The molecule has 0 radical (unpaired) electrons. The number of carbonyl (C=O) groups is 1. The minimum atomic E-state index is 0.0781. The Bertz CT molecular complexity index is 379. The van der Waals surface area contributed by atoms with Crippen LogP contribution in [-0.2, 0) is 4.79 Å². The zero-order valence-electron chi connectivity index (χ0n) is 10.9. The number of anilines is 2. The quantitative estimate of drug-likeness (QED) is 0.830. The molecule has 94 valence electrons. The van der Waals surface area contributed by atoms with Crippen LogP contribution in [0.2, 0.25) is 0 Å². The summed E-state index contributed by atoms with van der Waals surface area (Å²) in [6.45, 7) is 3.22. The zero-order chi connectivity index (χ0) is 12.8. The molecule has 1 heterocycles. The molecule has 0 atom stereocenters. The maximum Gasteiger partial charge on any atom is 0.241 e. The van der Waals surface area contributed by atoms with Crippen molar-refractivity contribution in [1.82, 2.24) is 9.88 Å². The van der Waals surface area contributed by atoms with Gasteiger partial charge in [0.2, 0.25) is 5.91 Å². The number of aromatic nitrogens is 1. The first-order chi connectivity index (χ1) is 8.04. The van der Waals surface area contributed by atoms with Gasteiger partial charge < -0.3 is 15.1 Å². The van der Waals surface area contributed by atoms with E-state index < -0.39 is 0 Å². The summed E-state index contributed by atoms with van der Waals surface area (Å²) < 4.78 is 0. The molecule has 0 fully saturated rings. The minimum absolute atomic E-state index is 0.0781. The lowest BCUT2D eigenvalue weighted by Crippen LogP contribution is -2.34. The SMILES string of the molecule is CCNc1cc(N(C)CC(=O)N(C)C)ccn1. The number of hydrogen-bond donors (Lipinski definition) is 1. The van der Waals surface area contributed by atoms with Crippen molar-refractivity contribution >= 4 is 17.4 Å². The molecule has 0 aromatic carbocycles. The van der Waals surface area contributed by atoms with E-state index >= 15 is 0 Å². The zero-order valence-corrected chi connectivity index (χ0v) is 10.9. The van der Waals surface area contributed by atoms with Crippen molar-refractivity contribution in [2.24, 2.45) is 0 Å². The molecule has 0 aliphatic rings. The summed E-state index contributed by atoms with van der Waals surface area (Å²) in [4.78, 5) is 19.3. The van der Waals surface area contributed by atoms with Gasteiger partial charge in [0.05, 0.1) is 6.54 Å². The molecule has 1 N–H and O–H groups in total. The highest BCUT2D eigenvalue weighted by Gasteiger charge is 2.09. The fourth-order valence-corrected chi connectivity index (χ4v) is 1.37. The Morgan fingerprint density at radius 2 is 2.12 bits per heavy atom. The van der Waals surface area contributed by atoms with Gasteiger partial charge in [0.25, 0.3) is 0 Å². The van der Waals surface area contributed by atoms with Crippen LogP contribution in [0.5, 0.6) is 0 Å². The van der Waals surface area contributed by atoms with Gasteiger partial charge in [0, 0.05) is 45.6 Å². The number of nitrogens with zero attached hydrogens (tertiary/aromatic N) is 3. The van der Waals surface area contributed by atoms with E-state index in [0.29, 0.717) is 6.54 Å². The summed E-state index contributed by atoms with van der Waals surface area (Å²) in [5.74, 6) is 0.906. The van der Waals surface area contributed by atoms with E-state index in [0.717, 1.165) is 18.1 Å². The monoisotopic (exact) mass is 236 g/mol. The predicted molar refractivity (Wildman–Crippen MR) is 70.4 cm³/mol. The van der Waals surface area contributed by atoms with Gasteiger partial charge in [-0.1, -0.05) is 0 Å². The summed E-state index contributed by atoms with van der Waals surface area (Å²) in [6.07, 6.45) is 1.74. The standard InChI is InChI=1S/C12H20N4O/c1-5-13-11-8-10(6-7-14-11)16(4)9-12(17)15(2)3/h6-8H,5,9H2,1-4H3,(H,13,14). The van der Waals surface area contributed by atoms with Crippen LogP contribution < -0.4 is 10.2 Å². The van der Waals surface area contributed by atoms with E-state index in [1.54, 1.807) is 25.2 Å². The number of likely N-dealkylation sites (N-methyl/N-ethyl adjacent to an activating group) is 2. The number of hydrogen-bond acceptors (Lipinski definition) is 4. The molecule has 0 aliphatic heterocycles.